The van der Waals surface area contributed by atoms with E-state index < -0.39 is 0 Å². The van der Waals surface area contributed by atoms with E-state index in [0.717, 1.165) is 0 Å². The minimum atomic E-state index is 1.20. The summed E-state index contributed by atoms with van der Waals surface area (Å²) >= 11 is 0. The van der Waals surface area contributed by atoms with E-state index in [4.69, 9.17) is 0 Å². The summed E-state index contributed by atoms with van der Waals surface area (Å²) in [7, 11) is 2.03. The molecular formula is C10H11N2+. The van der Waals surface area contributed by atoms with E-state index in [2.05, 4.69) is 21.7 Å². The summed E-state index contributed by atoms with van der Waals surface area (Å²) in [6.45, 7) is 0. The second-order valence-corrected chi connectivity index (χ2v) is 2.80. The molecule has 0 fully saturated rings. The average molecular weight is 159 g/mol. The van der Waals surface area contributed by atoms with Crippen LogP contribution in [0, 0.1) is 0 Å². The highest BCUT2D eigenvalue weighted by molar-refractivity contribution is 5.54. The van der Waals surface area contributed by atoms with Gasteiger partial charge in [0.15, 0.2) is 5.69 Å². The van der Waals surface area contributed by atoms with Crippen molar-refractivity contribution in [1.82, 2.24) is 4.98 Å². The third-order valence-corrected chi connectivity index (χ3v) is 1.94. The topological polar surface area (TPSA) is 19.7 Å². The Hall–Kier alpha value is -1.57. The van der Waals surface area contributed by atoms with Gasteiger partial charge in [-0.3, -0.25) is 0 Å². The van der Waals surface area contributed by atoms with Crippen molar-refractivity contribution in [1.29, 1.82) is 0 Å². The summed E-state index contributed by atoms with van der Waals surface area (Å²) in [5.41, 5.74) is 2.44. The van der Waals surface area contributed by atoms with Gasteiger partial charge in [-0.05, 0) is 0 Å². The summed E-state index contributed by atoms with van der Waals surface area (Å²) < 4.78 is 2.06. The number of hydrogen-bond donors (Lipinski definition) is 1. The van der Waals surface area contributed by atoms with Gasteiger partial charge >= 0.3 is 0 Å². The zero-order chi connectivity index (χ0) is 8.39. The van der Waals surface area contributed by atoms with Crippen LogP contribution in [0.3, 0.4) is 0 Å². The van der Waals surface area contributed by atoms with Crippen molar-refractivity contribution in [3.63, 3.8) is 0 Å². The van der Waals surface area contributed by atoms with Gasteiger partial charge in [0.25, 0.3) is 0 Å². The van der Waals surface area contributed by atoms with E-state index in [1.807, 2.05) is 37.8 Å². The maximum Gasteiger partial charge on any atom is 0.241 e. The molecule has 1 aromatic carbocycles. The summed E-state index contributed by atoms with van der Waals surface area (Å²) in [5, 5.41) is 0. The summed E-state index contributed by atoms with van der Waals surface area (Å²) in [4.78, 5) is 3.06. The molecule has 0 saturated heterocycles. The number of aromatic nitrogens is 2. The minimum Gasteiger partial charge on any atom is -0.250 e. The Labute approximate surface area is 71.5 Å². The fourth-order valence-electron chi connectivity index (χ4n) is 1.30. The highest BCUT2D eigenvalue weighted by Crippen LogP contribution is 2.12. The van der Waals surface area contributed by atoms with Crippen molar-refractivity contribution in [3.05, 3.63) is 42.9 Å². The predicted octanol–water partition coefficient (Wildman–Crippen LogP) is 1.51. The van der Waals surface area contributed by atoms with Crippen LogP contribution < -0.4 is 4.57 Å². The number of nitrogens with zero attached hydrogens (tertiary/aromatic N) is 1. The molecule has 0 radical (unpaired) electrons. The number of aryl methyl sites for hydroxylation is 1. The number of benzene rings is 1. The van der Waals surface area contributed by atoms with Gasteiger partial charge in [-0.2, -0.15) is 0 Å². The first kappa shape index (κ1) is 7.10. The fourth-order valence-corrected chi connectivity index (χ4v) is 1.30. The van der Waals surface area contributed by atoms with E-state index in [-0.39, 0.29) is 0 Å². The number of H-pyrrole nitrogens is 1. The SMILES string of the molecule is C[n+]1c[nH]cc1-c1ccccc1. The third kappa shape index (κ3) is 1.11. The van der Waals surface area contributed by atoms with Gasteiger partial charge in [-0.1, -0.05) is 30.3 Å². The summed E-state index contributed by atoms with van der Waals surface area (Å²) in [6.07, 6.45) is 3.93. The summed E-state index contributed by atoms with van der Waals surface area (Å²) in [5.74, 6) is 0. The van der Waals surface area contributed by atoms with Crippen LogP contribution in [0.5, 0.6) is 0 Å². The van der Waals surface area contributed by atoms with Crippen LogP contribution in [0.1, 0.15) is 0 Å². The third-order valence-electron chi connectivity index (χ3n) is 1.94. The monoisotopic (exact) mass is 159 g/mol. The normalized spacial score (nSPS) is 10.1. The molecule has 0 bridgehead atoms. The molecule has 0 atom stereocenters. The van der Waals surface area contributed by atoms with E-state index in [0.29, 0.717) is 0 Å². The Morgan fingerprint density at radius 1 is 1.17 bits per heavy atom. The standard InChI is InChI=1S/C10H10N2/c1-12-8-11-7-10(12)9-5-3-2-4-6-9/h2-8H,1H3/p+1. The van der Waals surface area contributed by atoms with E-state index in [9.17, 15) is 0 Å². The van der Waals surface area contributed by atoms with Crippen LogP contribution >= 0.6 is 0 Å². The molecule has 0 amide bonds. The molecular weight excluding hydrogens is 148 g/mol. The Bertz CT molecular complexity index is 362. The second kappa shape index (κ2) is 2.81. The molecule has 0 aliphatic carbocycles. The van der Waals surface area contributed by atoms with E-state index in [1.54, 1.807) is 0 Å². The quantitative estimate of drug-likeness (QED) is 0.608. The van der Waals surface area contributed by atoms with Gasteiger partial charge < -0.3 is 0 Å². The lowest BCUT2D eigenvalue weighted by atomic mass is 10.2. The van der Waals surface area contributed by atoms with E-state index in [1.165, 1.54) is 11.3 Å². The largest absolute Gasteiger partial charge is 0.250 e. The number of imidazole rings is 1. The molecule has 1 N–H and O–H groups in total. The van der Waals surface area contributed by atoms with Crippen LogP contribution in [0.15, 0.2) is 42.9 Å². The van der Waals surface area contributed by atoms with Gasteiger partial charge in [0.2, 0.25) is 6.33 Å². The zero-order valence-corrected chi connectivity index (χ0v) is 6.99. The van der Waals surface area contributed by atoms with Crippen molar-refractivity contribution < 1.29 is 4.57 Å². The molecule has 1 aromatic heterocycles. The molecule has 1 heterocycles. The zero-order valence-electron chi connectivity index (χ0n) is 6.99. The number of nitrogens with one attached hydrogen (secondary N) is 1. The molecule has 60 valence electrons. The second-order valence-electron chi connectivity index (χ2n) is 2.80. The Balaban J connectivity index is 2.51. The van der Waals surface area contributed by atoms with Gasteiger partial charge in [0.05, 0.1) is 7.05 Å². The van der Waals surface area contributed by atoms with Crippen LogP contribution in [0.2, 0.25) is 0 Å². The molecule has 12 heavy (non-hydrogen) atoms. The highest BCUT2D eigenvalue weighted by Gasteiger charge is 2.05. The van der Waals surface area contributed by atoms with Crippen LogP contribution in [-0.4, -0.2) is 4.98 Å². The average Bonchev–Trinajstić information content (AvgIpc) is 2.53. The number of rotatable bonds is 1. The Kier molecular flexibility index (Phi) is 1.67. The molecule has 2 nitrogen and oxygen atoms in total. The number of aromatic amines is 1. The lowest BCUT2D eigenvalue weighted by Crippen LogP contribution is -2.26. The lowest BCUT2D eigenvalue weighted by Gasteiger charge is -1.94. The molecule has 2 rings (SSSR count). The summed E-state index contributed by atoms with van der Waals surface area (Å²) in [6, 6.07) is 10.3. The molecule has 2 aromatic rings. The molecule has 0 spiro atoms. The van der Waals surface area contributed by atoms with Gasteiger partial charge in [-0.15, -0.1) is 0 Å². The van der Waals surface area contributed by atoms with Crippen molar-refractivity contribution in [2.45, 2.75) is 0 Å². The van der Waals surface area contributed by atoms with Crippen LogP contribution in [-0.2, 0) is 7.05 Å². The van der Waals surface area contributed by atoms with Gasteiger partial charge in [0, 0.05) is 5.56 Å². The van der Waals surface area contributed by atoms with Crippen molar-refractivity contribution in [3.8, 4) is 11.3 Å². The maximum atomic E-state index is 3.06. The Morgan fingerprint density at radius 3 is 2.50 bits per heavy atom. The van der Waals surface area contributed by atoms with Gasteiger partial charge in [-0.25, -0.2) is 9.55 Å². The van der Waals surface area contributed by atoms with Crippen molar-refractivity contribution in [2.75, 3.05) is 0 Å². The van der Waals surface area contributed by atoms with Crippen molar-refractivity contribution >= 4 is 0 Å². The smallest absolute Gasteiger partial charge is 0.241 e. The van der Waals surface area contributed by atoms with Gasteiger partial charge in [0.1, 0.15) is 6.20 Å². The molecule has 0 aliphatic rings. The first-order chi connectivity index (χ1) is 5.88. The Morgan fingerprint density at radius 2 is 1.92 bits per heavy atom. The van der Waals surface area contributed by atoms with Crippen molar-refractivity contribution in [2.24, 2.45) is 7.05 Å². The molecule has 2 heteroatoms. The highest BCUT2D eigenvalue weighted by atomic mass is 15.0. The maximum absolute atomic E-state index is 3.06. The predicted molar refractivity (Wildman–Crippen MR) is 47.4 cm³/mol. The lowest BCUT2D eigenvalue weighted by molar-refractivity contribution is -0.659. The van der Waals surface area contributed by atoms with Crippen LogP contribution in [0.25, 0.3) is 11.3 Å². The van der Waals surface area contributed by atoms with Crippen LogP contribution in [0.4, 0.5) is 0 Å². The molecule has 0 unspecified atom stereocenters. The van der Waals surface area contributed by atoms with E-state index >= 15 is 0 Å². The number of hydrogen-bond acceptors (Lipinski definition) is 0. The first-order valence-electron chi connectivity index (χ1n) is 3.96. The minimum absolute atomic E-state index is 1.20. The first-order valence-corrected chi connectivity index (χ1v) is 3.96. The molecule has 0 saturated carbocycles. The fraction of sp³-hybridized carbons (Fsp3) is 0.100. The molecule has 0 aliphatic heterocycles.